The molecule has 0 heterocycles. The van der Waals surface area contributed by atoms with E-state index in [1.54, 1.807) is 0 Å². The van der Waals surface area contributed by atoms with Crippen molar-refractivity contribution in [3.05, 3.63) is 91.0 Å². The first-order valence-electron chi connectivity index (χ1n) is 9.42. The second kappa shape index (κ2) is 9.47. The topological polar surface area (TPSA) is 35.8 Å². The van der Waals surface area contributed by atoms with E-state index >= 15 is 0 Å². The standard InChI is InChI=1S/C24H26N2P/c1-21(17-18-25)26-19-20-27(22-11-5-2-6-12-22,23-13-7-3-8-14-23)24-15-9-4-10-16-24/h2-16,21,26H,17,19-20H2,1H3/q+1. The highest BCUT2D eigenvalue weighted by atomic mass is 31.2. The summed E-state index contributed by atoms with van der Waals surface area (Å²) in [4.78, 5) is 0. The van der Waals surface area contributed by atoms with Crippen LogP contribution in [-0.4, -0.2) is 18.7 Å². The van der Waals surface area contributed by atoms with Gasteiger partial charge in [0.15, 0.2) is 0 Å². The molecular weight excluding hydrogens is 347 g/mol. The summed E-state index contributed by atoms with van der Waals surface area (Å²) in [7, 11) is -1.77. The summed E-state index contributed by atoms with van der Waals surface area (Å²) in [6.07, 6.45) is 1.56. The summed E-state index contributed by atoms with van der Waals surface area (Å²) < 4.78 is 0. The van der Waals surface area contributed by atoms with Crippen LogP contribution in [0.2, 0.25) is 0 Å². The van der Waals surface area contributed by atoms with E-state index in [4.69, 9.17) is 5.26 Å². The molecule has 3 aromatic rings. The van der Waals surface area contributed by atoms with Gasteiger partial charge in [0.05, 0.1) is 18.7 Å². The summed E-state index contributed by atoms with van der Waals surface area (Å²) >= 11 is 0. The summed E-state index contributed by atoms with van der Waals surface area (Å²) in [6, 6.07) is 35.2. The smallest absolute Gasteiger partial charge is 0.113 e. The van der Waals surface area contributed by atoms with Gasteiger partial charge < -0.3 is 5.32 Å². The molecule has 0 saturated carbocycles. The van der Waals surface area contributed by atoms with Crippen LogP contribution in [0.25, 0.3) is 0 Å². The van der Waals surface area contributed by atoms with Crippen LogP contribution in [0.3, 0.4) is 0 Å². The second-order valence-electron chi connectivity index (χ2n) is 6.76. The van der Waals surface area contributed by atoms with Gasteiger partial charge >= 0.3 is 0 Å². The van der Waals surface area contributed by atoms with Crippen LogP contribution in [0, 0.1) is 11.3 Å². The summed E-state index contributed by atoms with van der Waals surface area (Å²) in [6.45, 7) is 2.96. The number of hydrogen-bond acceptors (Lipinski definition) is 2. The molecule has 0 saturated heterocycles. The Hall–Kier alpha value is -2.46. The molecule has 0 aliphatic rings. The van der Waals surface area contributed by atoms with Crippen LogP contribution in [0.4, 0.5) is 0 Å². The van der Waals surface area contributed by atoms with E-state index in [1.807, 2.05) is 0 Å². The first-order valence-corrected chi connectivity index (χ1v) is 11.4. The lowest BCUT2D eigenvalue weighted by Gasteiger charge is -2.28. The van der Waals surface area contributed by atoms with Crippen molar-refractivity contribution in [1.82, 2.24) is 5.32 Å². The number of rotatable bonds is 8. The minimum absolute atomic E-state index is 0.208. The molecule has 1 unspecified atom stereocenters. The Labute approximate surface area is 163 Å². The Balaban J connectivity index is 2.07. The van der Waals surface area contributed by atoms with Crippen molar-refractivity contribution in [3.8, 4) is 6.07 Å². The van der Waals surface area contributed by atoms with E-state index in [0.29, 0.717) is 6.42 Å². The fourth-order valence-corrected chi connectivity index (χ4v) is 7.75. The van der Waals surface area contributed by atoms with Crippen molar-refractivity contribution < 1.29 is 0 Å². The largest absolute Gasteiger partial charge is 0.310 e. The number of nitrogens with zero attached hydrogens (tertiary/aromatic N) is 1. The van der Waals surface area contributed by atoms with Crippen LogP contribution < -0.4 is 21.2 Å². The number of benzene rings is 3. The molecule has 1 N–H and O–H groups in total. The summed E-state index contributed by atoms with van der Waals surface area (Å²) in [5, 5.41) is 16.7. The van der Waals surface area contributed by atoms with Crippen molar-refractivity contribution in [1.29, 1.82) is 5.26 Å². The molecule has 0 aliphatic carbocycles. The third-order valence-electron chi connectivity index (χ3n) is 4.93. The molecule has 3 rings (SSSR count). The first-order chi connectivity index (χ1) is 13.3. The third-order valence-corrected chi connectivity index (χ3v) is 9.36. The van der Waals surface area contributed by atoms with E-state index < -0.39 is 7.26 Å². The van der Waals surface area contributed by atoms with Gasteiger partial charge in [0.2, 0.25) is 0 Å². The molecule has 3 aromatic carbocycles. The Morgan fingerprint density at radius 1 is 0.778 bits per heavy atom. The van der Waals surface area contributed by atoms with Crippen LogP contribution in [0.5, 0.6) is 0 Å². The van der Waals surface area contributed by atoms with Crippen molar-refractivity contribution >= 4 is 23.2 Å². The molecule has 1 atom stereocenters. The maximum Gasteiger partial charge on any atom is 0.113 e. The fraction of sp³-hybridized carbons (Fsp3) is 0.208. The van der Waals surface area contributed by atoms with E-state index in [1.165, 1.54) is 15.9 Å². The summed E-state index contributed by atoms with van der Waals surface area (Å²) in [5.74, 6) is 0. The molecule has 0 radical (unpaired) electrons. The van der Waals surface area contributed by atoms with Crippen molar-refractivity contribution in [2.24, 2.45) is 0 Å². The Bertz CT molecular complexity index is 760. The molecule has 136 valence electrons. The normalized spacial score (nSPS) is 12.3. The lowest BCUT2D eigenvalue weighted by Crippen LogP contribution is -2.38. The zero-order valence-corrected chi connectivity index (χ0v) is 16.6. The third kappa shape index (κ3) is 4.45. The summed E-state index contributed by atoms with van der Waals surface area (Å²) in [5.41, 5.74) is 0. The highest BCUT2D eigenvalue weighted by Crippen LogP contribution is 2.54. The quantitative estimate of drug-likeness (QED) is 0.609. The van der Waals surface area contributed by atoms with E-state index in [-0.39, 0.29) is 6.04 Å². The van der Waals surface area contributed by atoms with Gasteiger partial charge in [-0.3, -0.25) is 0 Å². The number of nitrogens with one attached hydrogen (secondary N) is 1. The average Bonchev–Trinajstić information content (AvgIpc) is 2.73. The van der Waals surface area contributed by atoms with Gasteiger partial charge in [-0.1, -0.05) is 54.6 Å². The second-order valence-corrected chi connectivity index (χ2v) is 10.4. The van der Waals surface area contributed by atoms with E-state index in [9.17, 15) is 0 Å². The van der Waals surface area contributed by atoms with Gasteiger partial charge in [0, 0.05) is 12.6 Å². The lowest BCUT2D eigenvalue weighted by molar-refractivity contribution is 0.580. The van der Waals surface area contributed by atoms with Gasteiger partial charge in [-0.25, -0.2) is 0 Å². The van der Waals surface area contributed by atoms with Gasteiger partial charge in [-0.15, -0.1) is 0 Å². The van der Waals surface area contributed by atoms with Crippen LogP contribution in [0.15, 0.2) is 91.0 Å². The Morgan fingerprint density at radius 3 is 1.56 bits per heavy atom. The molecule has 27 heavy (non-hydrogen) atoms. The molecule has 2 nitrogen and oxygen atoms in total. The van der Waals surface area contributed by atoms with Crippen molar-refractivity contribution in [3.63, 3.8) is 0 Å². The zero-order chi connectivity index (χ0) is 19.0. The van der Waals surface area contributed by atoms with Gasteiger partial charge in [0.25, 0.3) is 0 Å². The first kappa shape index (κ1) is 19.3. The monoisotopic (exact) mass is 373 g/mol. The van der Waals surface area contributed by atoms with Crippen LogP contribution in [-0.2, 0) is 0 Å². The van der Waals surface area contributed by atoms with Crippen LogP contribution in [0.1, 0.15) is 13.3 Å². The molecule has 0 amide bonds. The predicted octanol–water partition coefficient (Wildman–Crippen LogP) is 3.87. The minimum atomic E-state index is -1.77. The van der Waals surface area contributed by atoms with Gasteiger partial charge in [0.1, 0.15) is 23.2 Å². The van der Waals surface area contributed by atoms with E-state index in [0.717, 1.165) is 12.7 Å². The van der Waals surface area contributed by atoms with Gasteiger partial charge in [-0.2, -0.15) is 5.26 Å². The maximum atomic E-state index is 8.95. The predicted molar refractivity (Wildman–Crippen MR) is 118 cm³/mol. The molecule has 0 spiro atoms. The number of hydrogen-bond donors (Lipinski definition) is 1. The highest BCUT2D eigenvalue weighted by Gasteiger charge is 2.44. The van der Waals surface area contributed by atoms with Gasteiger partial charge in [-0.05, 0) is 43.3 Å². The zero-order valence-electron chi connectivity index (χ0n) is 15.8. The molecule has 3 heteroatoms. The molecule has 0 aliphatic heterocycles. The van der Waals surface area contributed by atoms with Crippen molar-refractivity contribution in [2.75, 3.05) is 12.7 Å². The van der Waals surface area contributed by atoms with Crippen LogP contribution >= 0.6 is 7.26 Å². The average molecular weight is 373 g/mol. The Morgan fingerprint density at radius 2 is 1.19 bits per heavy atom. The lowest BCUT2D eigenvalue weighted by atomic mass is 10.2. The molecule has 0 bridgehead atoms. The molecule has 0 fully saturated rings. The van der Waals surface area contributed by atoms with Crippen molar-refractivity contribution in [2.45, 2.75) is 19.4 Å². The number of nitriles is 1. The minimum Gasteiger partial charge on any atom is -0.310 e. The maximum absolute atomic E-state index is 8.95. The van der Waals surface area contributed by atoms with E-state index in [2.05, 4.69) is 109 Å². The Kier molecular flexibility index (Phi) is 6.77. The highest BCUT2D eigenvalue weighted by molar-refractivity contribution is 7.95. The SMILES string of the molecule is CC(CC#N)NCC[P+](c1ccccc1)(c1ccccc1)c1ccccc1. The fourth-order valence-electron chi connectivity index (χ4n) is 3.57. The molecular formula is C24H26N2P+. The molecule has 0 aromatic heterocycles.